The van der Waals surface area contributed by atoms with Gasteiger partial charge in [0.1, 0.15) is 5.03 Å². The van der Waals surface area contributed by atoms with E-state index < -0.39 is 0 Å². The highest BCUT2D eigenvalue weighted by Gasteiger charge is 2.32. The summed E-state index contributed by atoms with van der Waals surface area (Å²) < 4.78 is 5.05. The maximum absolute atomic E-state index is 13.0. The number of anilines is 1. The zero-order chi connectivity index (χ0) is 23.2. The molecule has 33 heavy (non-hydrogen) atoms. The molecule has 0 atom stereocenters. The zero-order valence-corrected chi connectivity index (χ0v) is 20.1. The Labute approximate surface area is 199 Å². The molecule has 2 saturated heterocycles. The van der Waals surface area contributed by atoms with Gasteiger partial charge in [0.25, 0.3) is 0 Å². The molecule has 3 heterocycles. The van der Waals surface area contributed by atoms with Crippen LogP contribution in [-0.4, -0.2) is 77.9 Å². The Bertz CT molecular complexity index is 938. The first-order valence-corrected chi connectivity index (χ1v) is 12.4. The van der Waals surface area contributed by atoms with Crippen LogP contribution in [-0.2, 0) is 9.53 Å². The van der Waals surface area contributed by atoms with Gasteiger partial charge in [-0.25, -0.2) is 4.79 Å². The van der Waals surface area contributed by atoms with Gasteiger partial charge in [-0.15, -0.1) is 10.2 Å². The predicted molar refractivity (Wildman–Crippen MR) is 127 cm³/mol. The first-order valence-electron chi connectivity index (χ1n) is 11.6. The molecule has 0 bridgehead atoms. The molecule has 0 radical (unpaired) electrons. The molecule has 2 aliphatic heterocycles. The smallest absolute Gasteiger partial charge is 0.409 e. The summed E-state index contributed by atoms with van der Waals surface area (Å²) in [6, 6.07) is 12.4. The first kappa shape index (κ1) is 23.4. The molecule has 1 aromatic carbocycles. The van der Waals surface area contributed by atoms with Gasteiger partial charge in [0, 0.05) is 50.1 Å². The van der Waals surface area contributed by atoms with E-state index in [1.165, 1.54) is 5.56 Å². The summed E-state index contributed by atoms with van der Waals surface area (Å²) in [5.74, 6) is 1.09. The number of carbonyl (C=O) groups is 2. The summed E-state index contributed by atoms with van der Waals surface area (Å²) in [5.41, 5.74) is 1.24. The third-order valence-corrected chi connectivity index (χ3v) is 7.09. The van der Waals surface area contributed by atoms with Crippen molar-refractivity contribution < 1.29 is 14.3 Å². The van der Waals surface area contributed by atoms with E-state index in [1.807, 2.05) is 17.0 Å². The molecule has 0 spiro atoms. The summed E-state index contributed by atoms with van der Waals surface area (Å²) in [6.45, 7) is 8.04. The summed E-state index contributed by atoms with van der Waals surface area (Å²) in [7, 11) is 0. The molecule has 2 aromatic rings. The molecule has 2 fully saturated rings. The van der Waals surface area contributed by atoms with E-state index in [0.29, 0.717) is 32.8 Å². The lowest BCUT2D eigenvalue weighted by Crippen LogP contribution is -2.53. The Hall–Kier alpha value is -2.81. The molecule has 4 rings (SSSR count). The third kappa shape index (κ3) is 5.96. The lowest BCUT2D eigenvalue weighted by atomic mass is 9.95. The molecule has 0 saturated carbocycles. The largest absolute Gasteiger partial charge is 0.450 e. The number of piperidine rings is 1. The predicted octanol–water partition coefficient (Wildman–Crippen LogP) is 3.45. The van der Waals surface area contributed by atoms with Crippen molar-refractivity contribution in [2.75, 3.05) is 50.8 Å². The molecule has 2 aliphatic rings. The Morgan fingerprint density at radius 3 is 2.21 bits per heavy atom. The van der Waals surface area contributed by atoms with Gasteiger partial charge in [-0.2, -0.15) is 0 Å². The van der Waals surface area contributed by atoms with Crippen LogP contribution in [0.3, 0.4) is 0 Å². The number of rotatable bonds is 5. The van der Waals surface area contributed by atoms with Crippen LogP contribution >= 0.6 is 11.8 Å². The van der Waals surface area contributed by atoms with Crippen LogP contribution < -0.4 is 4.90 Å². The maximum Gasteiger partial charge on any atom is 0.409 e. The van der Waals surface area contributed by atoms with Gasteiger partial charge < -0.3 is 19.4 Å². The van der Waals surface area contributed by atoms with E-state index in [4.69, 9.17) is 4.74 Å². The number of aryl methyl sites for hydroxylation is 1. The number of aromatic nitrogens is 2. The number of hydrogen-bond acceptors (Lipinski definition) is 7. The SMILES string of the molecule is CCOC(=O)N1CCN(C(=O)C2CCN(c3ccc(Sc4ccc(C)cc4)nn3)CC2)CC1. The molecule has 1 aromatic heterocycles. The van der Waals surface area contributed by atoms with Crippen LogP contribution in [0, 0.1) is 12.8 Å². The fourth-order valence-corrected chi connectivity index (χ4v) is 4.93. The molecule has 0 aliphatic carbocycles. The fraction of sp³-hybridized carbons (Fsp3) is 0.500. The quantitative estimate of drug-likeness (QED) is 0.664. The zero-order valence-electron chi connectivity index (χ0n) is 19.3. The van der Waals surface area contributed by atoms with E-state index in [1.54, 1.807) is 23.6 Å². The maximum atomic E-state index is 13.0. The lowest BCUT2D eigenvalue weighted by molar-refractivity contribution is -0.137. The lowest BCUT2D eigenvalue weighted by Gasteiger charge is -2.38. The normalized spacial score (nSPS) is 17.2. The fourth-order valence-electron chi connectivity index (χ4n) is 4.20. The minimum absolute atomic E-state index is 0.0275. The van der Waals surface area contributed by atoms with Crippen molar-refractivity contribution in [2.24, 2.45) is 5.92 Å². The molecule has 176 valence electrons. The first-order chi connectivity index (χ1) is 16.0. The van der Waals surface area contributed by atoms with Crippen molar-refractivity contribution in [1.29, 1.82) is 0 Å². The van der Waals surface area contributed by atoms with Gasteiger partial charge in [-0.3, -0.25) is 4.79 Å². The highest BCUT2D eigenvalue weighted by atomic mass is 32.2. The summed E-state index contributed by atoms with van der Waals surface area (Å²) in [4.78, 5) is 31.8. The van der Waals surface area contributed by atoms with Crippen LogP contribution in [0.2, 0.25) is 0 Å². The Balaban J connectivity index is 1.24. The second-order valence-electron chi connectivity index (χ2n) is 8.42. The van der Waals surface area contributed by atoms with Gasteiger partial charge in [0.15, 0.2) is 5.82 Å². The Morgan fingerprint density at radius 2 is 1.61 bits per heavy atom. The molecule has 8 nitrogen and oxygen atoms in total. The van der Waals surface area contributed by atoms with Crippen LogP contribution in [0.1, 0.15) is 25.3 Å². The van der Waals surface area contributed by atoms with Crippen molar-refractivity contribution in [3.05, 3.63) is 42.0 Å². The second-order valence-corrected chi connectivity index (χ2v) is 9.51. The standard InChI is InChI=1S/C24H31N5O3S/c1-3-32-24(31)29-16-14-28(15-17-29)23(30)19-10-12-27(13-11-19)21-8-9-22(26-25-21)33-20-6-4-18(2)5-7-20/h4-9,19H,3,10-17H2,1-2H3. The Morgan fingerprint density at radius 1 is 0.939 bits per heavy atom. The molecule has 0 N–H and O–H groups in total. The Kier molecular flexibility index (Phi) is 7.69. The summed E-state index contributed by atoms with van der Waals surface area (Å²) >= 11 is 1.60. The topological polar surface area (TPSA) is 78.9 Å². The molecule has 2 amide bonds. The van der Waals surface area contributed by atoms with Crippen LogP contribution in [0.4, 0.5) is 10.6 Å². The summed E-state index contributed by atoms with van der Waals surface area (Å²) in [5, 5.41) is 9.68. The third-order valence-electron chi connectivity index (χ3n) is 6.15. The number of ether oxygens (including phenoxy) is 1. The highest BCUT2D eigenvalue weighted by molar-refractivity contribution is 7.99. The van der Waals surface area contributed by atoms with E-state index in [-0.39, 0.29) is 17.9 Å². The van der Waals surface area contributed by atoms with Crippen LogP contribution in [0.15, 0.2) is 46.3 Å². The number of piperazine rings is 1. The summed E-state index contributed by atoms with van der Waals surface area (Å²) in [6.07, 6.45) is 1.32. The average Bonchev–Trinajstić information content (AvgIpc) is 2.86. The van der Waals surface area contributed by atoms with Gasteiger partial charge >= 0.3 is 6.09 Å². The van der Waals surface area contributed by atoms with Crippen LogP contribution in [0.5, 0.6) is 0 Å². The number of nitrogens with zero attached hydrogens (tertiary/aromatic N) is 5. The van der Waals surface area contributed by atoms with Gasteiger partial charge in [-0.05, 0) is 51.0 Å². The van der Waals surface area contributed by atoms with E-state index in [9.17, 15) is 9.59 Å². The minimum atomic E-state index is -0.290. The van der Waals surface area contributed by atoms with Crippen molar-refractivity contribution in [3.8, 4) is 0 Å². The van der Waals surface area contributed by atoms with Crippen molar-refractivity contribution in [1.82, 2.24) is 20.0 Å². The van der Waals surface area contributed by atoms with E-state index in [2.05, 4.69) is 46.3 Å². The van der Waals surface area contributed by atoms with Crippen molar-refractivity contribution in [2.45, 2.75) is 36.6 Å². The molecule has 9 heteroatoms. The number of carbonyl (C=O) groups excluding carboxylic acids is 2. The molecular weight excluding hydrogens is 438 g/mol. The number of hydrogen-bond donors (Lipinski definition) is 0. The minimum Gasteiger partial charge on any atom is -0.450 e. The monoisotopic (exact) mass is 469 g/mol. The van der Waals surface area contributed by atoms with Gasteiger partial charge in [-0.1, -0.05) is 29.5 Å². The van der Waals surface area contributed by atoms with E-state index >= 15 is 0 Å². The molecule has 0 unspecified atom stereocenters. The highest BCUT2D eigenvalue weighted by Crippen LogP contribution is 2.28. The van der Waals surface area contributed by atoms with E-state index in [0.717, 1.165) is 41.7 Å². The van der Waals surface area contributed by atoms with Crippen molar-refractivity contribution >= 4 is 29.6 Å². The van der Waals surface area contributed by atoms with Gasteiger partial charge in [0.2, 0.25) is 5.91 Å². The number of amides is 2. The number of benzene rings is 1. The van der Waals surface area contributed by atoms with Crippen LogP contribution in [0.25, 0.3) is 0 Å². The average molecular weight is 470 g/mol. The second kappa shape index (κ2) is 10.9. The van der Waals surface area contributed by atoms with Gasteiger partial charge in [0.05, 0.1) is 6.61 Å². The van der Waals surface area contributed by atoms with Crippen molar-refractivity contribution in [3.63, 3.8) is 0 Å². The molecular formula is C24H31N5O3S.